The van der Waals surface area contributed by atoms with E-state index in [2.05, 4.69) is 24.1 Å². The quantitative estimate of drug-likeness (QED) is 0.905. The highest BCUT2D eigenvalue weighted by Gasteiger charge is 2.25. The molecule has 1 fully saturated rings. The average molecular weight is 289 g/mol. The Labute approximate surface area is 128 Å². The van der Waals surface area contributed by atoms with Crippen molar-refractivity contribution in [1.82, 2.24) is 9.80 Å². The molecule has 1 aromatic carbocycles. The second kappa shape index (κ2) is 7.46. The first kappa shape index (κ1) is 15.8. The third-order valence-corrected chi connectivity index (χ3v) is 4.39. The van der Waals surface area contributed by atoms with Crippen molar-refractivity contribution in [2.24, 2.45) is 0 Å². The fourth-order valence-electron chi connectivity index (χ4n) is 2.93. The lowest BCUT2D eigenvalue weighted by molar-refractivity contribution is 0.0647. The van der Waals surface area contributed by atoms with E-state index in [9.17, 15) is 4.79 Å². The summed E-state index contributed by atoms with van der Waals surface area (Å²) in [6.45, 7) is 8.45. The maximum Gasteiger partial charge on any atom is 0.253 e. The minimum atomic E-state index is 0.132. The van der Waals surface area contributed by atoms with Gasteiger partial charge in [-0.3, -0.25) is 4.79 Å². The molecule has 4 nitrogen and oxygen atoms in total. The van der Waals surface area contributed by atoms with Crippen molar-refractivity contribution < 1.29 is 4.79 Å². The predicted octanol–water partition coefficient (Wildman–Crippen LogP) is 2.67. The van der Waals surface area contributed by atoms with E-state index in [0.717, 1.165) is 50.3 Å². The summed E-state index contributed by atoms with van der Waals surface area (Å²) in [6.07, 6.45) is 2.15. The highest BCUT2D eigenvalue weighted by Crippen LogP contribution is 2.18. The molecule has 1 aliphatic heterocycles. The standard InChI is InChI=1S/C17H27N3O/c1-4-18-15-8-6-14(7-9-15)17(21)19(3)16-10-12-20(5-2)13-11-16/h6-9,16,18H,4-5,10-13H2,1-3H3. The molecule has 1 aromatic rings. The van der Waals surface area contributed by atoms with Gasteiger partial charge >= 0.3 is 0 Å². The molecule has 0 aliphatic carbocycles. The Morgan fingerprint density at radius 2 is 1.86 bits per heavy atom. The van der Waals surface area contributed by atoms with Gasteiger partial charge < -0.3 is 15.1 Å². The summed E-state index contributed by atoms with van der Waals surface area (Å²) in [6, 6.07) is 8.15. The van der Waals surface area contributed by atoms with Crippen molar-refractivity contribution in [2.45, 2.75) is 32.7 Å². The SMILES string of the molecule is CCNc1ccc(C(=O)N(C)C2CCN(CC)CC2)cc1. The summed E-state index contributed by atoms with van der Waals surface area (Å²) in [5, 5.41) is 3.25. The van der Waals surface area contributed by atoms with Crippen LogP contribution in [0, 0.1) is 0 Å². The average Bonchev–Trinajstić information content (AvgIpc) is 2.54. The number of hydrogen-bond acceptors (Lipinski definition) is 3. The van der Waals surface area contributed by atoms with Crippen LogP contribution in [0.5, 0.6) is 0 Å². The molecule has 0 radical (unpaired) electrons. The monoisotopic (exact) mass is 289 g/mol. The van der Waals surface area contributed by atoms with Gasteiger partial charge in [0.25, 0.3) is 5.91 Å². The summed E-state index contributed by atoms with van der Waals surface area (Å²) in [5.41, 5.74) is 1.84. The highest BCUT2D eigenvalue weighted by molar-refractivity contribution is 5.94. The molecular formula is C17H27N3O. The molecule has 0 bridgehead atoms. The number of anilines is 1. The third-order valence-electron chi connectivity index (χ3n) is 4.39. The normalized spacial score (nSPS) is 16.7. The van der Waals surface area contributed by atoms with Crippen molar-refractivity contribution in [3.8, 4) is 0 Å². The lowest BCUT2D eigenvalue weighted by Crippen LogP contribution is -2.45. The summed E-state index contributed by atoms with van der Waals surface area (Å²) in [7, 11) is 1.94. The van der Waals surface area contributed by atoms with Gasteiger partial charge in [-0.2, -0.15) is 0 Å². The second-order valence-electron chi connectivity index (χ2n) is 5.69. The van der Waals surface area contributed by atoms with Crippen LogP contribution in [0.2, 0.25) is 0 Å². The Kier molecular flexibility index (Phi) is 5.62. The van der Waals surface area contributed by atoms with Gasteiger partial charge in [0.15, 0.2) is 0 Å². The minimum absolute atomic E-state index is 0.132. The Balaban J connectivity index is 1.95. The molecule has 1 saturated heterocycles. The van der Waals surface area contributed by atoms with Crippen LogP contribution in [0.1, 0.15) is 37.0 Å². The first-order valence-corrected chi connectivity index (χ1v) is 7.99. The van der Waals surface area contributed by atoms with Crippen LogP contribution in [0.4, 0.5) is 5.69 Å². The van der Waals surface area contributed by atoms with Crippen molar-refractivity contribution in [3.63, 3.8) is 0 Å². The van der Waals surface area contributed by atoms with Gasteiger partial charge in [0.2, 0.25) is 0 Å². The second-order valence-corrected chi connectivity index (χ2v) is 5.69. The van der Waals surface area contributed by atoms with E-state index in [4.69, 9.17) is 0 Å². The van der Waals surface area contributed by atoms with Crippen LogP contribution in [0.3, 0.4) is 0 Å². The van der Waals surface area contributed by atoms with E-state index >= 15 is 0 Å². The van der Waals surface area contributed by atoms with Gasteiger partial charge in [-0.1, -0.05) is 6.92 Å². The maximum atomic E-state index is 12.6. The number of carbonyl (C=O) groups excluding carboxylic acids is 1. The molecule has 0 atom stereocenters. The van der Waals surface area contributed by atoms with Gasteiger partial charge in [-0.05, 0) is 50.6 Å². The van der Waals surface area contributed by atoms with Crippen LogP contribution in [-0.2, 0) is 0 Å². The zero-order valence-corrected chi connectivity index (χ0v) is 13.4. The van der Waals surface area contributed by atoms with Crippen molar-refractivity contribution in [2.75, 3.05) is 38.5 Å². The Hall–Kier alpha value is -1.55. The van der Waals surface area contributed by atoms with Crippen LogP contribution >= 0.6 is 0 Å². The van der Waals surface area contributed by atoms with Crippen molar-refractivity contribution in [3.05, 3.63) is 29.8 Å². The topological polar surface area (TPSA) is 35.6 Å². The molecule has 0 saturated carbocycles. The van der Waals surface area contributed by atoms with E-state index < -0.39 is 0 Å². The number of likely N-dealkylation sites (tertiary alicyclic amines) is 1. The highest BCUT2D eigenvalue weighted by atomic mass is 16.2. The van der Waals surface area contributed by atoms with Crippen molar-refractivity contribution in [1.29, 1.82) is 0 Å². The van der Waals surface area contributed by atoms with Gasteiger partial charge in [0.05, 0.1) is 0 Å². The molecule has 2 rings (SSSR count). The molecule has 21 heavy (non-hydrogen) atoms. The molecule has 116 valence electrons. The molecular weight excluding hydrogens is 262 g/mol. The Morgan fingerprint density at radius 3 is 2.38 bits per heavy atom. The molecule has 0 aromatic heterocycles. The molecule has 1 N–H and O–H groups in total. The molecule has 1 amide bonds. The summed E-state index contributed by atoms with van der Waals surface area (Å²) >= 11 is 0. The summed E-state index contributed by atoms with van der Waals surface area (Å²) < 4.78 is 0. The minimum Gasteiger partial charge on any atom is -0.385 e. The van der Waals surface area contributed by atoms with Gasteiger partial charge in [0, 0.05) is 44.0 Å². The number of benzene rings is 1. The number of nitrogens with zero attached hydrogens (tertiary/aromatic N) is 2. The zero-order chi connectivity index (χ0) is 15.2. The van der Waals surface area contributed by atoms with Gasteiger partial charge in [-0.15, -0.1) is 0 Å². The first-order valence-electron chi connectivity index (χ1n) is 7.99. The van der Waals surface area contributed by atoms with Crippen molar-refractivity contribution >= 4 is 11.6 Å². The smallest absolute Gasteiger partial charge is 0.253 e. The maximum absolute atomic E-state index is 12.6. The first-order chi connectivity index (χ1) is 10.2. The number of amides is 1. The number of hydrogen-bond donors (Lipinski definition) is 1. The van der Waals surface area contributed by atoms with Crippen LogP contribution in [0.15, 0.2) is 24.3 Å². The lowest BCUT2D eigenvalue weighted by Gasteiger charge is -2.36. The van der Waals surface area contributed by atoms with E-state index in [1.165, 1.54) is 0 Å². The number of piperidine rings is 1. The number of carbonyl (C=O) groups is 1. The largest absolute Gasteiger partial charge is 0.385 e. The van der Waals surface area contributed by atoms with E-state index in [0.29, 0.717) is 6.04 Å². The van der Waals surface area contributed by atoms with Gasteiger partial charge in [0.1, 0.15) is 0 Å². The number of nitrogens with one attached hydrogen (secondary N) is 1. The van der Waals surface area contributed by atoms with E-state index in [-0.39, 0.29) is 5.91 Å². The lowest BCUT2D eigenvalue weighted by atomic mass is 10.0. The fourth-order valence-corrected chi connectivity index (χ4v) is 2.93. The summed E-state index contributed by atoms with van der Waals surface area (Å²) in [4.78, 5) is 16.9. The van der Waals surface area contributed by atoms with E-state index in [1.807, 2.05) is 36.2 Å². The van der Waals surface area contributed by atoms with Crippen LogP contribution < -0.4 is 5.32 Å². The Morgan fingerprint density at radius 1 is 1.24 bits per heavy atom. The molecule has 0 spiro atoms. The van der Waals surface area contributed by atoms with Gasteiger partial charge in [-0.25, -0.2) is 0 Å². The van der Waals surface area contributed by atoms with E-state index in [1.54, 1.807) is 0 Å². The predicted molar refractivity (Wildman–Crippen MR) is 87.8 cm³/mol. The molecule has 1 aliphatic rings. The van der Waals surface area contributed by atoms with Crippen LogP contribution in [0.25, 0.3) is 0 Å². The third kappa shape index (κ3) is 3.97. The summed E-state index contributed by atoms with van der Waals surface area (Å²) in [5.74, 6) is 0.132. The van der Waals surface area contributed by atoms with Crippen LogP contribution in [-0.4, -0.2) is 55.0 Å². The molecule has 1 heterocycles. The molecule has 4 heteroatoms. The fraction of sp³-hybridized carbons (Fsp3) is 0.588. The number of rotatable bonds is 5. The zero-order valence-electron chi connectivity index (χ0n) is 13.4. The molecule has 0 unspecified atom stereocenters. The Bertz CT molecular complexity index is 450.